The van der Waals surface area contributed by atoms with Gasteiger partial charge in [-0.05, 0) is 31.2 Å². The summed E-state index contributed by atoms with van der Waals surface area (Å²) in [5.41, 5.74) is 11.0. The molecule has 4 aromatic rings. The number of nitrogen functional groups attached to an aromatic ring is 2. The summed E-state index contributed by atoms with van der Waals surface area (Å²) in [6.07, 6.45) is 3.00. The molecular weight excluding hydrogens is 437 g/mol. The van der Waals surface area contributed by atoms with Gasteiger partial charge in [-0.25, -0.2) is 9.37 Å². The van der Waals surface area contributed by atoms with Gasteiger partial charge >= 0.3 is 0 Å². The van der Waals surface area contributed by atoms with Gasteiger partial charge in [0.05, 0.1) is 28.3 Å². The topological polar surface area (TPSA) is 161 Å². The summed E-state index contributed by atoms with van der Waals surface area (Å²) in [6.45, 7) is 1.65. The standard InChI is InChI=1S/C20H15ClFN9O/c1-9(27-17-11(7-23)16(24)29-20(25)30-17)18-28-15-13(22)5-4-12(21)14(15)19(32)31(18)10-3-2-6-26-8-10/h2-6,8-9H,1H3,(H5,24,25,27,29,30). The monoisotopic (exact) mass is 451 g/mol. The van der Waals surface area contributed by atoms with Crippen molar-refractivity contribution in [2.24, 2.45) is 0 Å². The van der Waals surface area contributed by atoms with E-state index in [2.05, 4.69) is 25.3 Å². The van der Waals surface area contributed by atoms with Gasteiger partial charge in [-0.3, -0.25) is 14.3 Å². The van der Waals surface area contributed by atoms with Gasteiger partial charge in [0.15, 0.2) is 5.82 Å². The number of benzene rings is 1. The van der Waals surface area contributed by atoms with Crippen molar-refractivity contribution in [2.45, 2.75) is 13.0 Å². The van der Waals surface area contributed by atoms with Crippen LogP contribution in [0.5, 0.6) is 0 Å². The third-order valence-electron chi connectivity index (χ3n) is 4.66. The molecule has 32 heavy (non-hydrogen) atoms. The lowest BCUT2D eigenvalue weighted by Gasteiger charge is -2.21. The highest BCUT2D eigenvalue weighted by atomic mass is 35.5. The Kier molecular flexibility index (Phi) is 5.29. The van der Waals surface area contributed by atoms with Crippen molar-refractivity contribution in [1.29, 1.82) is 5.26 Å². The molecule has 0 bridgehead atoms. The molecule has 0 saturated carbocycles. The third-order valence-corrected chi connectivity index (χ3v) is 4.98. The number of rotatable bonds is 4. The number of nitriles is 1. The molecule has 1 unspecified atom stereocenters. The van der Waals surface area contributed by atoms with E-state index in [-0.39, 0.29) is 44.9 Å². The third kappa shape index (κ3) is 3.52. The molecule has 1 aromatic carbocycles. The zero-order valence-corrected chi connectivity index (χ0v) is 17.3. The first-order valence-electron chi connectivity index (χ1n) is 9.22. The van der Waals surface area contributed by atoms with Crippen LogP contribution in [0.25, 0.3) is 16.6 Å². The predicted octanol–water partition coefficient (Wildman–Crippen LogP) is 2.57. The van der Waals surface area contributed by atoms with E-state index in [1.54, 1.807) is 25.3 Å². The van der Waals surface area contributed by atoms with Crippen molar-refractivity contribution < 1.29 is 4.39 Å². The number of hydrogen-bond donors (Lipinski definition) is 3. The first-order chi connectivity index (χ1) is 15.3. The molecule has 0 radical (unpaired) electrons. The number of aromatic nitrogens is 5. The maximum absolute atomic E-state index is 14.6. The molecule has 3 heterocycles. The highest BCUT2D eigenvalue weighted by Gasteiger charge is 2.23. The lowest BCUT2D eigenvalue weighted by atomic mass is 10.2. The summed E-state index contributed by atoms with van der Waals surface area (Å²) < 4.78 is 15.8. The molecule has 4 rings (SSSR count). The van der Waals surface area contributed by atoms with Crippen LogP contribution < -0.4 is 22.3 Å². The molecule has 0 aliphatic heterocycles. The van der Waals surface area contributed by atoms with Crippen molar-refractivity contribution in [3.8, 4) is 11.8 Å². The van der Waals surface area contributed by atoms with E-state index in [1.165, 1.54) is 16.8 Å². The van der Waals surface area contributed by atoms with Gasteiger partial charge in [0, 0.05) is 6.20 Å². The molecule has 0 fully saturated rings. The van der Waals surface area contributed by atoms with Gasteiger partial charge in [0.2, 0.25) is 5.95 Å². The lowest BCUT2D eigenvalue weighted by Crippen LogP contribution is -2.28. The molecule has 10 nitrogen and oxygen atoms in total. The van der Waals surface area contributed by atoms with E-state index in [4.69, 9.17) is 23.1 Å². The van der Waals surface area contributed by atoms with Crippen LogP contribution in [-0.2, 0) is 0 Å². The lowest BCUT2D eigenvalue weighted by molar-refractivity contribution is 0.632. The largest absolute Gasteiger partial charge is 0.382 e. The van der Waals surface area contributed by atoms with E-state index in [1.807, 2.05) is 6.07 Å². The van der Waals surface area contributed by atoms with Gasteiger partial charge in [0.1, 0.15) is 34.6 Å². The number of nitrogens with zero attached hydrogens (tertiary/aromatic N) is 6. The molecule has 12 heteroatoms. The van der Waals surface area contributed by atoms with Gasteiger partial charge in [-0.15, -0.1) is 0 Å². The van der Waals surface area contributed by atoms with Crippen LogP contribution in [0.4, 0.5) is 22.0 Å². The number of fused-ring (bicyclic) bond motifs is 1. The first-order valence-corrected chi connectivity index (χ1v) is 9.60. The van der Waals surface area contributed by atoms with Gasteiger partial charge in [0.25, 0.3) is 5.56 Å². The Morgan fingerprint density at radius 2 is 2.03 bits per heavy atom. The summed E-state index contributed by atoms with van der Waals surface area (Å²) in [7, 11) is 0. The number of hydrogen-bond acceptors (Lipinski definition) is 9. The fourth-order valence-corrected chi connectivity index (χ4v) is 3.47. The molecule has 0 spiro atoms. The van der Waals surface area contributed by atoms with Gasteiger partial charge in [-0.2, -0.15) is 15.2 Å². The minimum atomic E-state index is -0.758. The fraction of sp³-hybridized carbons (Fsp3) is 0.100. The number of nitrogens with one attached hydrogen (secondary N) is 1. The van der Waals surface area contributed by atoms with Crippen molar-refractivity contribution >= 4 is 40.1 Å². The second-order valence-corrected chi connectivity index (χ2v) is 7.15. The Hall–Kier alpha value is -4.30. The highest BCUT2D eigenvalue weighted by molar-refractivity contribution is 6.35. The number of halogens is 2. The maximum atomic E-state index is 14.6. The zero-order chi connectivity index (χ0) is 23.0. The van der Waals surface area contributed by atoms with Crippen LogP contribution in [0, 0.1) is 17.1 Å². The van der Waals surface area contributed by atoms with E-state index in [0.717, 1.165) is 6.07 Å². The molecule has 0 aliphatic carbocycles. The Morgan fingerprint density at radius 1 is 1.25 bits per heavy atom. The first kappa shape index (κ1) is 21.0. The second kappa shape index (κ2) is 8.09. The summed E-state index contributed by atoms with van der Waals surface area (Å²) in [6, 6.07) is 6.86. The SMILES string of the molecule is CC(Nc1nc(N)nc(N)c1C#N)c1nc2c(F)ccc(Cl)c2c(=O)n1-c1cccnc1. The molecule has 5 N–H and O–H groups in total. The predicted molar refractivity (Wildman–Crippen MR) is 118 cm³/mol. The summed E-state index contributed by atoms with van der Waals surface area (Å²) in [5.74, 6) is -0.796. The highest BCUT2D eigenvalue weighted by Crippen LogP contribution is 2.27. The average Bonchev–Trinajstić information content (AvgIpc) is 2.76. The van der Waals surface area contributed by atoms with Crippen LogP contribution >= 0.6 is 11.6 Å². The van der Waals surface area contributed by atoms with Crippen LogP contribution in [0.1, 0.15) is 24.4 Å². The minimum absolute atomic E-state index is 0.0312. The van der Waals surface area contributed by atoms with Gasteiger partial charge in [-0.1, -0.05) is 11.6 Å². The van der Waals surface area contributed by atoms with Crippen molar-refractivity contribution in [3.05, 3.63) is 69.2 Å². The Balaban J connectivity index is 1.97. The molecule has 160 valence electrons. The molecule has 1 atom stereocenters. The fourth-order valence-electron chi connectivity index (χ4n) is 3.24. The summed E-state index contributed by atoms with van der Waals surface area (Å²) in [4.78, 5) is 29.6. The Morgan fingerprint density at radius 3 is 2.72 bits per heavy atom. The second-order valence-electron chi connectivity index (χ2n) is 6.74. The Labute approximate surface area is 185 Å². The smallest absolute Gasteiger partial charge is 0.267 e. The van der Waals surface area contributed by atoms with Gasteiger partial charge < -0.3 is 16.8 Å². The number of pyridine rings is 1. The minimum Gasteiger partial charge on any atom is -0.382 e. The Bertz CT molecular complexity index is 1450. The molecule has 3 aromatic heterocycles. The summed E-state index contributed by atoms with van der Waals surface area (Å²) in [5, 5.41) is 12.4. The van der Waals surface area contributed by atoms with Crippen LogP contribution in [0.3, 0.4) is 0 Å². The van der Waals surface area contributed by atoms with E-state index < -0.39 is 17.4 Å². The van der Waals surface area contributed by atoms with Crippen molar-refractivity contribution in [3.63, 3.8) is 0 Å². The van der Waals surface area contributed by atoms with Crippen molar-refractivity contribution in [1.82, 2.24) is 24.5 Å². The molecular formula is C20H15ClFN9O. The molecule has 0 aliphatic rings. The maximum Gasteiger partial charge on any atom is 0.267 e. The molecule has 0 saturated heterocycles. The van der Waals surface area contributed by atoms with Crippen LogP contribution in [0.2, 0.25) is 5.02 Å². The zero-order valence-electron chi connectivity index (χ0n) is 16.5. The van der Waals surface area contributed by atoms with Crippen LogP contribution in [-0.4, -0.2) is 24.5 Å². The number of nitrogens with two attached hydrogens (primary N) is 2. The van der Waals surface area contributed by atoms with Crippen LogP contribution in [0.15, 0.2) is 41.5 Å². The van der Waals surface area contributed by atoms with E-state index in [9.17, 15) is 14.4 Å². The quantitative estimate of drug-likeness (QED) is 0.423. The molecule has 0 amide bonds. The van der Waals surface area contributed by atoms with E-state index >= 15 is 0 Å². The normalized spacial score (nSPS) is 11.8. The average molecular weight is 452 g/mol. The van der Waals surface area contributed by atoms with Crippen molar-refractivity contribution in [2.75, 3.05) is 16.8 Å². The number of anilines is 3. The van der Waals surface area contributed by atoms with E-state index in [0.29, 0.717) is 5.69 Å². The summed E-state index contributed by atoms with van der Waals surface area (Å²) >= 11 is 6.20.